The number of anilines is 1. The summed E-state index contributed by atoms with van der Waals surface area (Å²) in [5.74, 6) is 0.338. The van der Waals surface area contributed by atoms with Gasteiger partial charge in [-0.15, -0.1) is 0 Å². The molecule has 1 aromatic carbocycles. The molecule has 2 atom stereocenters. The van der Waals surface area contributed by atoms with Gasteiger partial charge in [0, 0.05) is 30.9 Å². The lowest BCUT2D eigenvalue weighted by atomic mass is 9.97. The molecule has 1 fully saturated rings. The first kappa shape index (κ1) is 16.5. The minimum atomic E-state index is -0.0119. The lowest BCUT2D eigenvalue weighted by molar-refractivity contribution is -0.120. The second kappa shape index (κ2) is 7.40. The van der Waals surface area contributed by atoms with Gasteiger partial charge in [-0.05, 0) is 44.5 Å². The fourth-order valence-electron chi connectivity index (χ4n) is 2.82. The van der Waals surface area contributed by atoms with Crippen LogP contribution >= 0.6 is 0 Å². The van der Waals surface area contributed by atoms with Crippen molar-refractivity contribution in [2.75, 3.05) is 31.5 Å². The van der Waals surface area contributed by atoms with Crippen LogP contribution in [0.2, 0.25) is 0 Å². The summed E-state index contributed by atoms with van der Waals surface area (Å²) in [6.07, 6.45) is 0. The normalized spacial score (nSPS) is 20.7. The van der Waals surface area contributed by atoms with E-state index in [1.54, 1.807) is 17.0 Å². The third kappa shape index (κ3) is 3.65. The molecule has 1 aliphatic heterocycles. The number of rotatable bonds is 5. The van der Waals surface area contributed by atoms with Gasteiger partial charge in [-0.25, -0.2) is 0 Å². The zero-order valence-corrected chi connectivity index (χ0v) is 13.6. The Morgan fingerprint density at radius 3 is 2.59 bits per heavy atom. The number of nitrogens with zero attached hydrogens (tertiary/aromatic N) is 1. The molecule has 0 saturated carbocycles. The van der Waals surface area contributed by atoms with Crippen molar-refractivity contribution in [3.05, 3.63) is 29.8 Å². The number of carbonyl (C=O) groups excluding carboxylic acids is 2. The predicted octanol–water partition coefficient (Wildman–Crippen LogP) is 1.96. The van der Waals surface area contributed by atoms with E-state index in [-0.39, 0.29) is 17.7 Å². The number of nitrogens with one attached hydrogen (secondary N) is 2. The van der Waals surface area contributed by atoms with Crippen molar-refractivity contribution in [1.29, 1.82) is 0 Å². The van der Waals surface area contributed by atoms with Crippen LogP contribution in [0, 0.1) is 11.8 Å². The van der Waals surface area contributed by atoms with Crippen LogP contribution < -0.4 is 10.6 Å². The van der Waals surface area contributed by atoms with Crippen LogP contribution in [-0.2, 0) is 4.79 Å². The van der Waals surface area contributed by atoms with Gasteiger partial charge in [0.1, 0.15) is 0 Å². The molecule has 0 unspecified atom stereocenters. The van der Waals surface area contributed by atoms with E-state index in [2.05, 4.69) is 17.6 Å². The van der Waals surface area contributed by atoms with Crippen LogP contribution in [0.15, 0.2) is 24.3 Å². The molecule has 120 valence electrons. The van der Waals surface area contributed by atoms with Crippen LogP contribution in [0.5, 0.6) is 0 Å². The topological polar surface area (TPSA) is 61.4 Å². The number of carbonyl (C=O) groups is 2. The average Bonchev–Trinajstić information content (AvgIpc) is 2.95. The Morgan fingerprint density at radius 1 is 1.27 bits per heavy atom. The van der Waals surface area contributed by atoms with Crippen molar-refractivity contribution < 1.29 is 9.59 Å². The maximum Gasteiger partial charge on any atom is 0.253 e. The van der Waals surface area contributed by atoms with Crippen molar-refractivity contribution in [3.63, 3.8) is 0 Å². The molecular weight excluding hydrogens is 278 g/mol. The summed E-state index contributed by atoms with van der Waals surface area (Å²) in [7, 11) is 0. The Labute approximate surface area is 132 Å². The van der Waals surface area contributed by atoms with Gasteiger partial charge in [0.2, 0.25) is 5.91 Å². The lowest BCUT2D eigenvalue weighted by Crippen LogP contribution is -2.31. The Hall–Kier alpha value is -1.88. The second-order valence-corrected chi connectivity index (χ2v) is 5.79. The highest BCUT2D eigenvalue weighted by Crippen LogP contribution is 2.19. The summed E-state index contributed by atoms with van der Waals surface area (Å²) in [5.41, 5.74) is 1.29. The highest BCUT2D eigenvalue weighted by Gasteiger charge is 2.29. The molecule has 1 aromatic rings. The molecular formula is C17H25N3O2. The summed E-state index contributed by atoms with van der Waals surface area (Å²) >= 11 is 0. The molecule has 2 rings (SSSR count). The van der Waals surface area contributed by atoms with E-state index < -0.39 is 0 Å². The van der Waals surface area contributed by atoms with Crippen molar-refractivity contribution in [3.8, 4) is 0 Å². The molecule has 2 amide bonds. The molecule has 0 bridgehead atoms. The zero-order chi connectivity index (χ0) is 16.1. The molecule has 0 aliphatic carbocycles. The van der Waals surface area contributed by atoms with Crippen LogP contribution in [-0.4, -0.2) is 42.9 Å². The van der Waals surface area contributed by atoms with Crippen LogP contribution in [0.4, 0.5) is 5.69 Å². The first-order valence-electron chi connectivity index (χ1n) is 7.97. The molecule has 1 aliphatic rings. The fourth-order valence-corrected chi connectivity index (χ4v) is 2.82. The van der Waals surface area contributed by atoms with Crippen molar-refractivity contribution in [1.82, 2.24) is 10.2 Å². The molecule has 1 saturated heterocycles. The van der Waals surface area contributed by atoms with Crippen LogP contribution in [0.1, 0.15) is 31.1 Å². The highest BCUT2D eigenvalue weighted by molar-refractivity contribution is 5.97. The van der Waals surface area contributed by atoms with Gasteiger partial charge in [-0.1, -0.05) is 13.0 Å². The molecule has 5 heteroatoms. The van der Waals surface area contributed by atoms with Crippen LogP contribution in [0.25, 0.3) is 0 Å². The molecule has 2 N–H and O–H groups in total. The first-order valence-corrected chi connectivity index (χ1v) is 7.97. The van der Waals surface area contributed by atoms with Gasteiger partial charge in [0.05, 0.1) is 5.92 Å². The summed E-state index contributed by atoms with van der Waals surface area (Å²) in [4.78, 5) is 26.4. The van der Waals surface area contributed by atoms with Gasteiger partial charge in [0.25, 0.3) is 5.91 Å². The van der Waals surface area contributed by atoms with Crippen molar-refractivity contribution in [2.24, 2.45) is 11.8 Å². The SMILES string of the molecule is CCN(CC)C(=O)c1cccc(NC(=O)[C@@H]2CNC[C@H]2C)c1. The van der Waals surface area contributed by atoms with E-state index in [4.69, 9.17) is 0 Å². The minimum Gasteiger partial charge on any atom is -0.339 e. The van der Waals surface area contributed by atoms with E-state index in [0.717, 1.165) is 6.54 Å². The van der Waals surface area contributed by atoms with E-state index in [0.29, 0.717) is 36.8 Å². The third-order valence-corrected chi connectivity index (χ3v) is 4.28. The Kier molecular flexibility index (Phi) is 5.55. The number of benzene rings is 1. The van der Waals surface area contributed by atoms with E-state index >= 15 is 0 Å². The molecule has 22 heavy (non-hydrogen) atoms. The second-order valence-electron chi connectivity index (χ2n) is 5.79. The standard InChI is InChI=1S/C17H25N3O2/c1-4-20(5-2)17(22)13-7-6-8-14(9-13)19-16(21)15-11-18-10-12(15)3/h6-9,12,15,18H,4-5,10-11H2,1-3H3,(H,19,21)/t12-,15-/m1/s1. The van der Waals surface area contributed by atoms with Crippen molar-refractivity contribution >= 4 is 17.5 Å². The Bertz CT molecular complexity index is 540. The van der Waals surface area contributed by atoms with E-state index in [1.165, 1.54) is 0 Å². The number of amides is 2. The maximum absolute atomic E-state index is 12.4. The minimum absolute atomic E-state index is 0.00278. The molecule has 1 heterocycles. The van der Waals surface area contributed by atoms with Gasteiger partial charge < -0.3 is 15.5 Å². The highest BCUT2D eigenvalue weighted by atomic mass is 16.2. The fraction of sp³-hybridized carbons (Fsp3) is 0.529. The van der Waals surface area contributed by atoms with Gasteiger partial charge >= 0.3 is 0 Å². The Morgan fingerprint density at radius 2 is 2.00 bits per heavy atom. The number of hydrogen-bond acceptors (Lipinski definition) is 3. The molecule has 0 radical (unpaired) electrons. The predicted molar refractivity (Wildman–Crippen MR) is 87.8 cm³/mol. The largest absolute Gasteiger partial charge is 0.339 e. The quantitative estimate of drug-likeness (QED) is 0.874. The van der Waals surface area contributed by atoms with E-state index in [1.807, 2.05) is 26.0 Å². The van der Waals surface area contributed by atoms with E-state index in [9.17, 15) is 9.59 Å². The smallest absolute Gasteiger partial charge is 0.253 e. The van der Waals surface area contributed by atoms with Gasteiger partial charge in [0.15, 0.2) is 0 Å². The average molecular weight is 303 g/mol. The Balaban J connectivity index is 2.08. The maximum atomic E-state index is 12.4. The molecule has 0 aromatic heterocycles. The molecule has 5 nitrogen and oxygen atoms in total. The van der Waals surface area contributed by atoms with Gasteiger partial charge in [-0.3, -0.25) is 9.59 Å². The summed E-state index contributed by atoms with van der Waals surface area (Å²) in [6.45, 7) is 8.94. The summed E-state index contributed by atoms with van der Waals surface area (Å²) in [5, 5.41) is 6.16. The first-order chi connectivity index (χ1) is 10.6. The zero-order valence-electron chi connectivity index (χ0n) is 13.6. The third-order valence-electron chi connectivity index (χ3n) is 4.28. The number of hydrogen-bond donors (Lipinski definition) is 2. The van der Waals surface area contributed by atoms with Gasteiger partial charge in [-0.2, -0.15) is 0 Å². The van der Waals surface area contributed by atoms with Crippen molar-refractivity contribution in [2.45, 2.75) is 20.8 Å². The molecule has 0 spiro atoms. The summed E-state index contributed by atoms with van der Waals surface area (Å²) in [6, 6.07) is 7.17. The lowest BCUT2D eigenvalue weighted by Gasteiger charge is -2.19. The monoisotopic (exact) mass is 303 g/mol. The van der Waals surface area contributed by atoms with Crippen LogP contribution in [0.3, 0.4) is 0 Å². The summed E-state index contributed by atoms with van der Waals surface area (Å²) < 4.78 is 0.